The maximum absolute atomic E-state index is 10.5. The summed E-state index contributed by atoms with van der Waals surface area (Å²) >= 11 is 0. The second-order valence-electron chi connectivity index (χ2n) is 2.92. The van der Waals surface area contributed by atoms with Crippen molar-refractivity contribution in [2.75, 3.05) is 0 Å². The minimum absolute atomic E-state index is 0.0258. The highest BCUT2D eigenvalue weighted by Crippen LogP contribution is 2.04. The zero-order valence-corrected chi connectivity index (χ0v) is 8.16. The molecular weight excluding hydrogens is 168 g/mol. The molecule has 0 rings (SSSR count). The van der Waals surface area contributed by atoms with Gasteiger partial charge in [0.2, 0.25) is 0 Å². The number of aldehydes is 1. The summed E-state index contributed by atoms with van der Waals surface area (Å²) in [4.78, 5) is 20.4. The van der Waals surface area contributed by atoms with Gasteiger partial charge in [-0.3, -0.25) is 9.59 Å². The second kappa shape index (κ2) is 7.53. The lowest BCUT2D eigenvalue weighted by atomic mass is 10.1. The molecule has 0 aromatic carbocycles. The standard InChI is InChI=1S/C10H16O3/c1-9(13-10(2)12)7-5-3-4-6-8-11/h4,6,8-9H,3,5,7H2,1-2H3/b6-4+. The van der Waals surface area contributed by atoms with Crippen molar-refractivity contribution in [3.63, 3.8) is 0 Å². The van der Waals surface area contributed by atoms with Crippen molar-refractivity contribution >= 4 is 12.3 Å². The number of esters is 1. The van der Waals surface area contributed by atoms with Crippen LogP contribution in [0, 0.1) is 0 Å². The van der Waals surface area contributed by atoms with Crippen molar-refractivity contribution in [2.45, 2.75) is 39.2 Å². The van der Waals surface area contributed by atoms with Crippen LogP contribution in [0.3, 0.4) is 0 Å². The van der Waals surface area contributed by atoms with E-state index in [4.69, 9.17) is 4.74 Å². The quantitative estimate of drug-likeness (QED) is 0.274. The molecular formula is C10H16O3. The number of allylic oxidation sites excluding steroid dienone is 2. The van der Waals surface area contributed by atoms with E-state index < -0.39 is 0 Å². The molecule has 0 aromatic rings. The van der Waals surface area contributed by atoms with Gasteiger partial charge in [0, 0.05) is 6.92 Å². The van der Waals surface area contributed by atoms with Gasteiger partial charge >= 0.3 is 5.97 Å². The molecule has 1 unspecified atom stereocenters. The SMILES string of the molecule is CC(=O)OC(C)CCC/C=C/C=O. The predicted molar refractivity (Wildman–Crippen MR) is 50.3 cm³/mol. The Kier molecular flexibility index (Phi) is 6.88. The van der Waals surface area contributed by atoms with Crippen LogP contribution in [-0.4, -0.2) is 18.4 Å². The Morgan fingerprint density at radius 1 is 1.54 bits per heavy atom. The summed E-state index contributed by atoms with van der Waals surface area (Å²) in [5.41, 5.74) is 0. The smallest absolute Gasteiger partial charge is 0.302 e. The van der Waals surface area contributed by atoms with Crippen LogP contribution in [-0.2, 0) is 14.3 Å². The van der Waals surface area contributed by atoms with Crippen molar-refractivity contribution in [3.05, 3.63) is 12.2 Å². The molecule has 3 nitrogen and oxygen atoms in total. The Morgan fingerprint density at radius 3 is 2.77 bits per heavy atom. The Hall–Kier alpha value is -1.12. The lowest BCUT2D eigenvalue weighted by Gasteiger charge is -2.09. The lowest BCUT2D eigenvalue weighted by Crippen LogP contribution is -2.11. The molecule has 3 heteroatoms. The first-order chi connectivity index (χ1) is 6.16. The molecule has 0 saturated carbocycles. The third-order valence-corrected chi connectivity index (χ3v) is 1.56. The first kappa shape index (κ1) is 11.9. The molecule has 0 N–H and O–H groups in total. The van der Waals surface area contributed by atoms with E-state index in [1.807, 2.05) is 13.0 Å². The van der Waals surface area contributed by atoms with E-state index in [1.165, 1.54) is 13.0 Å². The molecule has 0 bridgehead atoms. The molecule has 0 spiro atoms. The molecule has 0 saturated heterocycles. The highest BCUT2D eigenvalue weighted by molar-refractivity contribution is 5.66. The largest absolute Gasteiger partial charge is 0.463 e. The van der Waals surface area contributed by atoms with Gasteiger partial charge in [0.15, 0.2) is 0 Å². The molecule has 0 aromatic heterocycles. The molecule has 13 heavy (non-hydrogen) atoms. The molecule has 0 fully saturated rings. The van der Waals surface area contributed by atoms with Crippen molar-refractivity contribution in [1.29, 1.82) is 0 Å². The predicted octanol–water partition coefficient (Wildman–Crippen LogP) is 1.86. The molecule has 0 aliphatic carbocycles. The van der Waals surface area contributed by atoms with Gasteiger partial charge in [0.25, 0.3) is 0 Å². The summed E-state index contributed by atoms with van der Waals surface area (Å²) < 4.78 is 4.92. The Balaban J connectivity index is 3.36. The van der Waals surface area contributed by atoms with Crippen LogP contribution >= 0.6 is 0 Å². The summed E-state index contributed by atoms with van der Waals surface area (Å²) in [7, 11) is 0. The van der Waals surface area contributed by atoms with E-state index >= 15 is 0 Å². The number of unbranched alkanes of at least 4 members (excludes halogenated alkanes) is 1. The van der Waals surface area contributed by atoms with Gasteiger partial charge in [-0.25, -0.2) is 0 Å². The normalized spacial score (nSPS) is 12.8. The van der Waals surface area contributed by atoms with E-state index in [9.17, 15) is 9.59 Å². The van der Waals surface area contributed by atoms with E-state index in [1.54, 1.807) is 0 Å². The van der Waals surface area contributed by atoms with E-state index in [-0.39, 0.29) is 12.1 Å². The zero-order valence-electron chi connectivity index (χ0n) is 8.16. The number of carbonyl (C=O) groups excluding carboxylic acids is 2. The summed E-state index contributed by atoms with van der Waals surface area (Å²) in [5.74, 6) is -0.240. The molecule has 0 heterocycles. The van der Waals surface area contributed by atoms with Crippen LogP contribution in [0.2, 0.25) is 0 Å². The number of ether oxygens (including phenoxy) is 1. The fourth-order valence-electron chi connectivity index (χ4n) is 1.02. The lowest BCUT2D eigenvalue weighted by molar-refractivity contribution is -0.145. The van der Waals surface area contributed by atoms with Crippen molar-refractivity contribution in [1.82, 2.24) is 0 Å². The molecule has 74 valence electrons. The highest BCUT2D eigenvalue weighted by Gasteiger charge is 2.03. The van der Waals surface area contributed by atoms with Gasteiger partial charge in [-0.15, -0.1) is 0 Å². The monoisotopic (exact) mass is 184 g/mol. The molecule has 0 amide bonds. The van der Waals surface area contributed by atoms with Crippen LogP contribution in [0.4, 0.5) is 0 Å². The van der Waals surface area contributed by atoms with E-state index in [0.29, 0.717) is 0 Å². The Morgan fingerprint density at radius 2 is 2.23 bits per heavy atom. The molecule has 0 aliphatic rings. The van der Waals surface area contributed by atoms with E-state index in [2.05, 4.69) is 0 Å². The van der Waals surface area contributed by atoms with E-state index in [0.717, 1.165) is 25.5 Å². The van der Waals surface area contributed by atoms with Gasteiger partial charge in [0.1, 0.15) is 6.29 Å². The summed E-state index contributed by atoms with van der Waals surface area (Å²) in [5, 5.41) is 0. The minimum Gasteiger partial charge on any atom is -0.463 e. The zero-order chi connectivity index (χ0) is 10.1. The Bertz CT molecular complexity index is 185. The average Bonchev–Trinajstić information content (AvgIpc) is 2.02. The summed E-state index contributed by atoms with van der Waals surface area (Å²) in [6, 6.07) is 0. The first-order valence-corrected chi connectivity index (χ1v) is 4.44. The maximum Gasteiger partial charge on any atom is 0.302 e. The van der Waals surface area contributed by atoms with Crippen molar-refractivity contribution < 1.29 is 14.3 Å². The average molecular weight is 184 g/mol. The van der Waals surface area contributed by atoms with Crippen LogP contribution < -0.4 is 0 Å². The third-order valence-electron chi connectivity index (χ3n) is 1.56. The number of hydrogen-bond acceptors (Lipinski definition) is 3. The number of hydrogen-bond donors (Lipinski definition) is 0. The van der Waals surface area contributed by atoms with Crippen LogP contribution in [0.1, 0.15) is 33.1 Å². The Labute approximate surface area is 78.8 Å². The van der Waals surface area contributed by atoms with Crippen LogP contribution in [0.15, 0.2) is 12.2 Å². The van der Waals surface area contributed by atoms with Crippen LogP contribution in [0.25, 0.3) is 0 Å². The number of carbonyl (C=O) groups is 2. The third kappa shape index (κ3) is 8.79. The second-order valence-corrected chi connectivity index (χ2v) is 2.92. The molecule has 0 radical (unpaired) electrons. The minimum atomic E-state index is -0.240. The fraction of sp³-hybridized carbons (Fsp3) is 0.600. The number of rotatable bonds is 6. The molecule has 0 aliphatic heterocycles. The van der Waals surface area contributed by atoms with Crippen molar-refractivity contribution in [2.24, 2.45) is 0 Å². The first-order valence-electron chi connectivity index (χ1n) is 4.44. The highest BCUT2D eigenvalue weighted by atomic mass is 16.5. The van der Waals surface area contributed by atoms with Gasteiger partial charge in [0.05, 0.1) is 6.10 Å². The van der Waals surface area contributed by atoms with Gasteiger partial charge < -0.3 is 4.74 Å². The summed E-state index contributed by atoms with van der Waals surface area (Å²) in [6.45, 7) is 3.27. The maximum atomic E-state index is 10.5. The fourth-order valence-corrected chi connectivity index (χ4v) is 1.02. The topological polar surface area (TPSA) is 43.4 Å². The van der Waals surface area contributed by atoms with Crippen molar-refractivity contribution in [3.8, 4) is 0 Å². The molecule has 1 atom stereocenters. The summed E-state index contributed by atoms with van der Waals surface area (Å²) in [6.07, 6.45) is 6.65. The van der Waals surface area contributed by atoms with Gasteiger partial charge in [-0.2, -0.15) is 0 Å². The van der Waals surface area contributed by atoms with Crippen LogP contribution in [0.5, 0.6) is 0 Å². The van der Waals surface area contributed by atoms with Gasteiger partial charge in [-0.1, -0.05) is 6.08 Å². The van der Waals surface area contributed by atoms with Gasteiger partial charge in [-0.05, 0) is 32.3 Å².